The van der Waals surface area contributed by atoms with E-state index in [2.05, 4.69) is 15.4 Å². The number of amides is 2. The summed E-state index contributed by atoms with van der Waals surface area (Å²) < 4.78 is 4.41. The summed E-state index contributed by atoms with van der Waals surface area (Å²) >= 11 is 1.60. The number of thioether (sulfide) groups is 1. The molecule has 1 atom stereocenters. The van der Waals surface area contributed by atoms with Crippen molar-refractivity contribution >= 4 is 29.5 Å². The SMILES string of the molecule is COC(=O)/C=C/CNC(=O)[C@@H](CCSC)NC(C)=O. The summed E-state index contributed by atoms with van der Waals surface area (Å²) in [4.78, 5) is 33.6. The smallest absolute Gasteiger partial charge is 0.330 e. The molecule has 0 aromatic carbocycles. The topological polar surface area (TPSA) is 84.5 Å². The van der Waals surface area contributed by atoms with Crippen molar-refractivity contribution in [2.45, 2.75) is 19.4 Å². The van der Waals surface area contributed by atoms with Gasteiger partial charge in [0, 0.05) is 19.5 Å². The molecule has 6 nitrogen and oxygen atoms in total. The molecule has 7 heteroatoms. The monoisotopic (exact) mass is 288 g/mol. The van der Waals surface area contributed by atoms with Crippen LogP contribution in [0.4, 0.5) is 0 Å². The first kappa shape index (κ1) is 17.5. The Morgan fingerprint density at radius 3 is 2.58 bits per heavy atom. The van der Waals surface area contributed by atoms with Gasteiger partial charge in [0.15, 0.2) is 0 Å². The number of carbonyl (C=O) groups is 3. The van der Waals surface area contributed by atoms with Crippen LogP contribution < -0.4 is 10.6 Å². The molecule has 0 aliphatic heterocycles. The van der Waals surface area contributed by atoms with E-state index < -0.39 is 12.0 Å². The van der Waals surface area contributed by atoms with Crippen LogP contribution in [0.1, 0.15) is 13.3 Å². The van der Waals surface area contributed by atoms with E-state index in [1.165, 1.54) is 26.2 Å². The molecule has 0 heterocycles. The second-order valence-electron chi connectivity index (χ2n) is 3.71. The minimum atomic E-state index is -0.545. The molecule has 0 aromatic rings. The molecule has 0 saturated carbocycles. The largest absolute Gasteiger partial charge is 0.466 e. The molecule has 0 radical (unpaired) electrons. The third-order valence-electron chi connectivity index (χ3n) is 2.15. The minimum Gasteiger partial charge on any atom is -0.466 e. The van der Waals surface area contributed by atoms with Gasteiger partial charge in [-0.25, -0.2) is 4.79 Å². The first-order chi connectivity index (χ1) is 9.01. The van der Waals surface area contributed by atoms with Crippen LogP contribution in [-0.4, -0.2) is 49.5 Å². The van der Waals surface area contributed by atoms with E-state index in [9.17, 15) is 14.4 Å². The van der Waals surface area contributed by atoms with Gasteiger partial charge in [0.25, 0.3) is 0 Å². The molecule has 0 rings (SSSR count). The van der Waals surface area contributed by atoms with Crippen LogP contribution in [0.3, 0.4) is 0 Å². The lowest BCUT2D eigenvalue weighted by Gasteiger charge is -2.16. The maximum Gasteiger partial charge on any atom is 0.330 e. The number of esters is 1. The Kier molecular flexibility index (Phi) is 9.60. The van der Waals surface area contributed by atoms with Crippen molar-refractivity contribution in [1.82, 2.24) is 10.6 Å². The molecule has 0 aliphatic rings. The predicted octanol–water partition coefficient (Wildman–Crippen LogP) is 0.0896. The number of rotatable bonds is 8. The highest BCUT2D eigenvalue weighted by Gasteiger charge is 2.17. The molecule has 2 N–H and O–H groups in total. The average molecular weight is 288 g/mol. The Hall–Kier alpha value is -1.50. The number of hydrogen-bond acceptors (Lipinski definition) is 5. The molecule has 0 fully saturated rings. The van der Waals surface area contributed by atoms with Crippen molar-refractivity contribution in [2.24, 2.45) is 0 Å². The fourth-order valence-corrected chi connectivity index (χ4v) is 1.73. The molecule has 0 saturated heterocycles. The molecule has 108 valence electrons. The number of ether oxygens (including phenoxy) is 1. The highest BCUT2D eigenvalue weighted by atomic mass is 32.2. The fourth-order valence-electron chi connectivity index (χ4n) is 1.26. The third-order valence-corrected chi connectivity index (χ3v) is 2.80. The Labute approximate surface area is 117 Å². The van der Waals surface area contributed by atoms with Crippen LogP contribution in [0.15, 0.2) is 12.2 Å². The zero-order valence-electron chi connectivity index (χ0n) is 11.4. The first-order valence-corrected chi connectivity index (χ1v) is 7.18. The van der Waals surface area contributed by atoms with Crippen LogP contribution >= 0.6 is 11.8 Å². The maximum atomic E-state index is 11.8. The zero-order chi connectivity index (χ0) is 14.7. The fraction of sp³-hybridized carbons (Fsp3) is 0.583. The van der Waals surface area contributed by atoms with Gasteiger partial charge in [-0.3, -0.25) is 9.59 Å². The maximum absolute atomic E-state index is 11.8. The van der Waals surface area contributed by atoms with Crippen LogP contribution in [-0.2, 0) is 19.1 Å². The van der Waals surface area contributed by atoms with E-state index in [1.54, 1.807) is 11.8 Å². The van der Waals surface area contributed by atoms with E-state index in [-0.39, 0.29) is 18.4 Å². The molecule has 0 aliphatic carbocycles. The normalized spacial score (nSPS) is 11.9. The predicted molar refractivity (Wildman–Crippen MR) is 74.8 cm³/mol. The lowest BCUT2D eigenvalue weighted by molar-refractivity contribution is -0.134. The van der Waals surface area contributed by atoms with Crippen molar-refractivity contribution in [3.05, 3.63) is 12.2 Å². The van der Waals surface area contributed by atoms with Gasteiger partial charge in [-0.05, 0) is 18.4 Å². The lowest BCUT2D eigenvalue weighted by atomic mass is 10.2. The number of methoxy groups -OCH3 is 1. The summed E-state index contributed by atoms with van der Waals surface area (Å²) in [6, 6.07) is -0.545. The molecular formula is C12H20N2O4S. The highest BCUT2D eigenvalue weighted by molar-refractivity contribution is 7.98. The summed E-state index contributed by atoms with van der Waals surface area (Å²) in [5, 5.41) is 5.21. The number of hydrogen-bond donors (Lipinski definition) is 2. The van der Waals surface area contributed by atoms with Crippen LogP contribution in [0, 0.1) is 0 Å². The van der Waals surface area contributed by atoms with E-state index in [0.717, 1.165) is 5.75 Å². The van der Waals surface area contributed by atoms with Gasteiger partial charge in [-0.1, -0.05) is 6.08 Å². The second-order valence-corrected chi connectivity index (χ2v) is 4.69. The molecule has 19 heavy (non-hydrogen) atoms. The van der Waals surface area contributed by atoms with Crippen molar-refractivity contribution in [1.29, 1.82) is 0 Å². The van der Waals surface area contributed by atoms with Crippen molar-refractivity contribution < 1.29 is 19.1 Å². The molecule has 0 spiro atoms. The lowest BCUT2D eigenvalue weighted by Crippen LogP contribution is -2.46. The standard InChI is InChI=1S/C12H20N2O4S/c1-9(15)14-10(6-8-19-3)12(17)13-7-4-5-11(16)18-2/h4-5,10H,6-8H2,1-3H3,(H,13,17)(H,14,15)/b5-4+/t10-/m1/s1. The molecule has 0 unspecified atom stereocenters. The third kappa shape index (κ3) is 9.12. The molecule has 0 aromatic heterocycles. The van der Waals surface area contributed by atoms with Crippen molar-refractivity contribution in [3.8, 4) is 0 Å². The Bertz CT molecular complexity index is 345. The first-order valence-electron chi connectivity index (χ1n) is 5.79. The van der Waals surface area contributed by atoms with E-state index in [1.807, 2.05) is 6.26 Å². The van der Waals surface area contributed by atoms with E-state index >= 15 is 0 Å². The van der Waals surface area contributed by atoms with Crippen LogP contribution in [0.25, 0.3) is 0 Å². The van der Waals surface area contributed by atoms with Crippen molar-refractivity contribution in [2.75, 3.05) is 25.7 Å². The van der Waals surface area contributed by atoms with E-state index in [0.29, 0.717) is 6.42 Å². The van der Waals surface area contributed by atoms with Gasteiger partial charge in [0.05, 0.1) is 7.11 Å². The summed E-state index contributed by atoms with van der Waals surface area (Å²) in [6.07, 6.45) is 5.22. The molecular weight excluding hydrogens is 268 g/mol. The van der Waals surface area contributed by atoms with Gasteiger partial charge in [0.2, 0.25) is 11.8 Å². The average Bonchev–Trinajstić information content (AvgIpc) is 2.38. The van der Waals surface area contributed by atoms with Gasteiger partial charge in [0.1, 0.15) is 6.04 Å². The molecule has 2 amide bonds. The minimum absolute atomic E-state index is 0.212. The van der Waals surface area contributed by atoms with Crippen LogP contribution in [0.2, 0.25) is 0 Å². The molecule has 0 bridgehead atoms. The second kappa shape index (κ2) is 10.4. The number of nitrogens with one attached hydrogen (secondary N) is 2. The number of carbonyl (C=O) groups excluding carboxylic acids is 3. The van der Waals surface area contributed by atoms with Crippen molar-refractivity contribution in [3.63, 3.8) is 0 Å². The summed E-state index contributed by atoms with van der Waals surface area (Å²) in [5.41, 5.74) is 0. The quantitative estimate of drug-likeness (QED) is 0.488. The summed E-state index contributed by atoms with van der Waals surface area (Å²) in [5.74, 6) is -0.212. The Morgan fingerprint density at radius 2 is 2.05 bits per heavy atom. The van der Waals surface area contributed by atoms with Gasteiger partial charge in [-0.2, -0.15) is 11.8 Å². The van der Waals surface area contributed by atoms with Gasteiger partial charge < -0.3 is 15.4 Å². The van der Waals surface area contributed by atoms with Gasteiger partial charge in [-0.15, -0.1) is 0 Å². The highest BCUT2D eigenvalue weighted by Crippen LogP contribution is 2.01. The van der Waals surface area contributed by atoms with Gasteiger partial charge >= 0.3 is 5.97 Å². The van der Waals surface area contributed by atoms with E-state index in [4.69, 9.17) is 0 Å². The zero-order valence-corrected chi connectivity index (χ0v) is 12.2. The Balaban J connectivity index is 4.19. The summed E-state index contributed by atoms with van der Waals surface area (Å²) in [7, 11) is 1.28. The Morgan fingerprint density at radius 1 is 1.37 bits per heavy atom. The summed E-state index contributed by atoms with van der Waals surface area (Å²) in [6.45, 7) is 1.58. The van der Waals surface area contributed by atoms with Crippen LogP contribution in [0.5, 0.6) is 0 Å².